The van der Waals surface area contributed by atoms with E-state index < -0.39 is 6.04 Å². The molecule has 5 nitrogen and oxygen atoms in total. The number of likely N-dealkylation sites (N-methyl/N-ethyl adjacent to an activating group) is 1. The Hall–Kier alpha value is -1.88. The first-order valence-corrected chi connectivity index (χ1v) is 7.29. The van der Waals surface area contributed by atoms with E-state index >= 15 is 0 Å². The number of benzene rings is 1. The highest BCUT2D eigenvalue weighted by Crippen LogP contribution is 2.11. The molecular weight excluding hydrogens is 266 g/mol. The number of hydrogen-bond donors (Lipinski definition) is 2. The predicted molar refractivity (Wildman–Crippen MR) is 85.0 cm³/mol. The summed E-state index contributed by atoms with van der Waals surface area (Å²) in [6, 6.07) is 6.80. The van der Waals surface area contributed by atoms with Crippen molar-refractivity contribution in [3.8, 4) is 0 Å². The van der Waals surface area contributed by atoms with Gasteiger partial charge in [0.2, 0.25) is 11.8 Å². The molecule has 1 aromatic rings. The number of rotatable bonds is 7. The van der Waals surface area contributed by atoms with E-state index in [2.05, 4.69) is 12.2 Å². The first-order valence-electron chi connectivity index (χ1n) is 7.29. The van der Waals surface area contributed by atoms with Crippen molar-refractivity contribution in [2.75, 3.05) is 19.4 Å². The van der Waals surface area contributed by atoms with Crippen LogP contribution in [0.4, 0.5) is 5.69 Å². The molecule has 5 heteroatoms. The number of nitrogens with one attached hydrogen (secondary N) is 1. The highest BCUT2D eigenvalue weighted by atomic mass is 16.2. The van der Waals surface area contributed by atoms with Crippen LogP contribution in [-0.4, -0.2) is 36.9 Å². The second kappa shape index (κ2) is 8.42. The third-order valence-electron chi connectivity index (χ3n) is 3.28. The van der Waals surface area contributed by atoms with E-state index in [1.54, 1.807) is 31.1 Å². The van der Waals surface area contributed by atoms with Crippen molar-refractivity contribution < 1.29 is 9.59 Å². The molecule has 0 radical (unpaired) electrons. The fourth-order valence-electron chi connectivity index (χ4n) is 1.83. The highest BCUT2D eigenvalue weighted by molar-refractivity contribution is 5.94. The largest absolute Gasteiger partial charge is 0.349 e. The van der Waals surface area contributed by atoms with E-state index in [4.69, 9.17) is 5.73 Å². The second-order valence-electron chi connectivity index (χ2n) is 5.40. The summed E-state index contributed by atoms with van der Waals surface area (Å²) in [4.78, 5) is 25.0. The van der Waals surface area contributed by atoms with Gasteiger partial charge in [-0.2, -0.15) is 0 Å². The zero-order valence-electron chi connectivity index (χ0n) is 13.1. The number of nitrogens with zero attached hydrogens (tertiary/aromatic N) is 1. The van der Waals surface area contributed by atoms with Crippen molar-refractivity contribution in [1.29, 1.82) is 0 Å². The summed E-state index contributed by atoms with van der Waals surface area (Å²) in [5.41, 5.74) is 7.44. The summed E-state index contributed by atoms with van der Waals surface area (Å²) in [7, 11) is 3.46. The molecule has 3 N–H and O–H groups in total. The lowest BCUT2D eigenvalue weighted by molar-refractivity contribution is -0.128. The van der Waals surface area contributed by atoms with E-state index in [1.807, 2.05) is 12.1 Å². The van der Waals surface area contributed by atoms with Crippen LogP contribution in [0.15, 0.2) is 24.3 Å². The van der Waals surface area contributed by atoms with Gasteiger partial charge in [0, 0.05) is 19.8 Å². The zero-order valence-corrected chi connectivity index (χ0v) is 13.1. The van der Waals surface area contributed by atoms with Crippen molar-refractivity contribution >= 4 is 17.5 Å². The molecule has 21 heavy (non-hydrogen) atoms. The Morgan fingerprint density at radius 2 is 1.86 bits per heavy atom. The van der Waals surface area contributed by atoms with Crippen molar-refractivity contribution in [2.24, 2.45) is 5.73 Å². The maximum Gasteiger partial charge on any atom is 0.241 e. The monoisotopic (exact) mass is 291 g/mol. The molecule has 0 spiro atoms. The molecule has 0 heterocycles. The molecule has 2 amide bonds. The van der Waals surface area contributed by atoms with Crippen LogP contribution >= 0.6 is 0 Å². The molecule has 0 aliphatic rings. The van der Waals surface area contributed by atoms with Crippen LogP contribution in [-0.2, 0) is 16.0 Å². The molecule has 116 valence electrons. The van der Waals surface area contributed by atoms with E-state index in [9.17, 15) is 9.59 Å². The molecule has 0 aromatic heterocycles. The van der Waals surface area contributed by atoms with Crippen molar-refractivity contribution in [3.05, 3.63) is 29.8 Å². The predicted octanol–water partition coefficient (Wildman–Crippen LogP) is 1.77. The van der Waals surface area contributed by atoms with E-state index in [0.29, 0.717) is 18.5 Å². The number of carbonyl (C=O) groups excluding carboxylic acids is 2. The molecule has 1 unspecified atom stereocenters. The number of hydrogen-bond acceptors (Lipinski definition) is 3. The molecule has 0 saturated carbocycles. The van der Waals surface area contributed by atoms with Gasteiger partial charge in [0.05, 0.1) is 12.5 Å². The van der Waals surface area contributed by atoms with Crippen LogP contribution in [0.25, 0.3) is 0 Å². The molecule has 0 aliphatic heterocycles. The van der Waals surface area contributed by atoms with E-state index in [-0.39, 0.29) is 11.8 Å². The second-order valence-corrected chi connectivity index (χ2v) is 5.40. The van der Waals surface area contributed by atoms with Gasteiger partial charge in [-0.1, -0.05) is 31.9 Å². The molecule has 1 atom stereocenters. The Morgan fingerprint density at radius 1 is 1.24 bits per heavy atom. The van der Waals surface area contributed by atoms with Gasteiger partial charge in [-0.15, -0.1) is 0 Å². The summed E-state index contributed by atoms with van der Waals surface area (Å²) in [6.07, 6.45) is 3.02. The molecule has 0 bridgehead atoms. The molecule has 1 aromatic carbocycles. The van der Waals surface area contributed by atoms with Crippen LogP contribution in [0, 0.1) is 0 Å². The number of anilines is 1. The molecule has 0 aliphatic carbocycles. The van der Waals surface area contributed by atoms with Gasteiger partial charge in [-0.05, 0) is 24.1 Å². The standard InChI is InChI=1S/C16H25N3O2/c1-4-5-6-14(17)16(21)18-13-9-7-12(8-10-13)11-15(20)19(2)3/h7-10,14H,4-6,11,17H2,1-3H3,(H,18,21). The minimum Gasteiger partial charge on any atom is -0.349 e. The number of carbonyl (C=O) groups is 2. The van der Waals surface area contributed by atoms with Crippen LogP contribution < -0.4 is 11.1 Å². The van der Waals surface area contributed by atoms with Crippen LogP contribution in [0.2, 0.25) is 0 Å². The lowest BCUT2D eigenvalue weighted by Gasteiger charge is -2.13. The summed E-state index contributed by atoms with van der Waals surface area (Å²) in [5, 5.41) is 2.79. The van der Waals surface area contributed by atoms with Gasteiger partial charge in [-0.25, -0.2) is 0 Å². The van der Waals surface area contributed by atoms with Crippen molar-refractivity contribution in [1.82, 2.24) is 4.90 Å². The Balaban J connectivity index is 2.54. The lowest BCUT2D eigenvalue weighted by atomic mass is 10.1. The smallest absolute Gasteiger partial charge is 0.241 e. The Labute approximate surface area is 126 Å². The maximum absolute atomic E-state index is 11.9. The molecule has 0 fully saturated rings. The van der Waals surface area contributed by atoms with Crippen molar-refractivity contribution in [3.63, 3.8) is 0 Å². The Bertz CT molecular complexity index is 469. The molecule has 0 saturated heterocycles. The first-order chi connectivity index (χ1) is 9.93. The van der Waals surface area contributed by atoms with Crippen LogP contribution in [0.1, 0.15) is 31.7 Å². The fourth-order valence-corrected chi connectivity index (χ4v) is 1.83. The topological polar surface area (TPSA) is 75.4 Å². The van der Waals surface area contributed by atoms with Gasteiger partial charge in [-0.3, -0.25) is 9.59 Å². The third kappa shape index (κ3) is 5.95. The maximum atomic E-state index is 11.9. The van der Waals surface area contributed by atoms with E-state index in [1.165, 1.54) is 0 Å². The molecular formula is C16H25N3O2. The third-order valence-corrected chi connectivity index (χ3v) is 3.28. The van der Waals surface area contributed by atoms with Crippen LogP contribution in [0.5, 0.6) is 0 Å². The Morgan fingerprint density at radius 3 is 2.38 bits per heavy atom. The highest BCUT2D eigenvalue weighted by Gasteiger charge is 2.13. The normalized spacial score (nSPS) is 11.8. The van der Waals surface area contributed by atoms with E-state index in [0.717, 1.165) is 18.4 Å². The number of amides is 2. The number of nitrogens with two attached hydrogens (primary N) is 1. The summed E-state index contributed by atoms with van der Waals surface area (Å²) < 4.78 is 0. The van der Waals surface area contributed by atoms with Crippen LogP contribution in [0.3, 0.4) is 0 Å². The fraction of sp³-hybridized carbons (Fsp3) is 0.500. The summed E-state index contributed by atoms with van der Waals surface area (Å²) >= 11 is 0. The van der Waals surface area contributed by atoms with Gasteiger partial charge in [0.25, 0.3) is 0 Å². The summed E-state index contributed by atoms with van der Waals surface area (Å²) in [6.45, 7) is 2.07. The average Bonchev–Trinajstić information content (AvgIpc) is 2.46. The summed E-state index contributed by atoms with van der Waals surface area (Å²) in [5.74, 6) is -0.117. The first kappa shape index (κ1) is 17.2. The minimum atomic E-state index is -0.472. The minimum absolute atomic E-state index is 0.0494. The zero-order chi connectivity index (χ0) is 15.8. The quantitative estimate of drug-likeness (QED) is 0.804. The SMILES string of the molecule is CCCCC(N)C(=O)Nc1ccc(CC(=O)N(C)C)cc1. The van der Waals surface area contributed by atoms with Gasteiger partial charge in [0.1, 0.15) is 0 Å². The average molecular weight is 291 g/mol. The van der Waals surface area contributed by atoms with Gasteiger partial charge in [0.15, 0.2) is 0 Å². The Kier molecular flexibility index (Phi) is 6.88. The van der Waals surface area contributed by atoms with Crippen molar-refractivity contribution in [2.45, 2.75) is 38.6 Å². The van der Waals surface area contributed by atoms with Gasteiger partial charge >= 0.3 is 0 Å². The lowest BCUT2D eigenvalue weighted by Crippen LogP contribution is -2.35. The van der Waals surface area contributed by atoms with Gasteiger partial charge < -0.3 is 16.0 Å². The number of unbranched alkanes of at least 4 members (excludes halogenated alkanes) is 1. The molecule has 1 rings (SSSR count).